The highest BCUT2D eigenvalue weighted by Gasteiger charge is 2.15. The Kier molecular flexibility index (Phi) is 4.62. The van der Waals surface area contributed by atoms with E-state index in [0.29, 0.717) is 13.2 Å². The first-order valence-electron chi connectivity index (χ1n) is 8.78. The molecule has 0 fully saturated rings. The summed E-state index contributed by atoms with van der Waals surface area (Å²) in [7, 11) is 0. The third-order valence-electron chi connectivity index (χ3n) is 4.52. The Morgan fingerprint density at radius 3 is 2.19 bits per heavy atom. The molecule has 27 heavy (non-hydrogen) atoms. The lowest BCUT2D eigenvalue weighted by Gasteiger charge is -2.10. The number of fused-ring (bicyclic) bond motifs is 1. The molecule has 134 valence electrons. The zero-order valence-electron chi connectivity index (χ0n) is 14.7. The minimum absolute atomic E-state index is 0.272. The largest absolute Gasteiger partial charge is 0.489 e. The Bertz CT molecular complexity index is 1070. The normalized spacial score (nSPS) is 10.8. The van der Waals surface area contributed by atoms with E-state index in [4.69, 9.17) is 4.74 Å². The van der Waals surface area contributed by atoms with Crippen LogP contribution in [0.15, 0.2) is 84.9 Å². The van der Waals surface area contributed by atoms with Crippen LogP contribution in [0.4, 0.5) is 0 Å². The molecule has 0 saturated heterocycles. The lowest BCUT2D eigenvalue weighted by Crippen LogP contribution is -2.09. The molecule has 0 spiro atoms. The molecule has 0 atom stereocenters. The average molecular weight is 357 g/mol. The van der Waals surface area contributed by atoms with Crippen molar-refractivity contribution >= 4 is 16.9 Å². The summed E-state index contributed by atoms with van der Waals surface area (Å²) in [6.07, 6.45) is 0. The number of aromatic carboxylic acids is 1. The molecule has 4 heteroatoms. The quantitative estimate of drug-likeness (QED) is 0.530. The first-order chi connectivity index (χ1) is 13.2. The van der Waals surface area contributed by atoms with Gasteiger partial charge in [0.1, 0.15) is 18.1 Å². The van der Waals surface area contributed by atoms with E-state index in [-0.39, 0.29) is 5.69 Å². The lowest BCUT2D eigenvalue weighted by atomic mass is 10.2. The van der Waals surface area contributed by atoms with Crippen LogP contribution in [0.2, 0.25) is 0 Å². The SMILES string of the molecule is O=C(O)c1cc2cc(OCc3ccccc3)ccc2n1Cc1ccccc1. The fourth-order valence-electron chi connectivity index (χ4n) is 3.19. The smallest absolute Gasteiger partial charge is 0.352 e. The van der Waals surface area contributed by atoms with E-state index in [0.717, 1.165) is 27.8 Å². The third-order valence-corrected chi connectivity index (χ3v) is 4.52. The molecule has 3 aromatic carbocycles. The van der Waals surface area contributed by atoms with Gasteiger partial charge in [0.05, 0.1) is 0 Å². The van der Waals surface area contributed by atoms with Crippen molar-refractivity contribution in [1.82, 2.24) is 4.57 Å². The van der Waals surface area contributed by atoms with Crippen molar-refractivity contribution in [3.8, 4) is 5.75 Å². The highest BCUT2D eigenvalue weighted by atomic mass is 16.5. The van der Waals surface area contributed by atoms with E-state index >= 15 is 0 Å². The van der Waals surface area contributed by atoms with E-state index in [1.54, 1.807) is 6.07 Å². The first-order valence-corrected chi connectivity index (χ1v) is 8.78. The predicted molar refractivity (Wildman–Crippen MR) is 105 cm³/mol. The summed E-state index contributed by atoms with van der Waals surface area (Å²) in [5.41, 5.74) is 3.30. The van der Waals surface area contributed by atoms with E-state index in [9.17, 15) is 9.90 Å². The zero-order chi connectivity index (χ0) is 18.6. The molecular formula is C23H19NO3. The van der Waals surface area contributed by atoms with Crippen molar-refractivity contribution in [2.45, 2.75) is 13.2 Å². The van der Waals surface area contributed by atoms with Gasteiger partial charge in [0, 0.05) is 17.4 Å². The molecule has 1 aromatic heterocycles. The highest BCUT2D eigenvalue weighted by Crippen LogP contribution is 2.26. The topological polar surface area (TPSA) is 51.5 Å². The molecule has 1 N–H and O–H groups in total. The average Bonchev–Trinajstić information content (AvgIpc) is 3.06. The molecule has 0 aliphatic heterocycles. The summed E-state index contributed by atoms with van der Waals surface area (Å²) in [5.74, 6) is -0.214. The number of nitrogens with zero attached hydrogens (tertiary/aromatic N) is 1. The summed E-state index contributed by atoms with van der Waals surface area (Å²) >= 11 is 0. The molecule has 4 nitrogen and oxygen atoms in total. The maximum atomic E-state index is 11.7. The number of hydrogen-bond donors (Lipinski definition) is 1. The van der Waals surface area contributed by atoms with Crippen LogP contribution in [-0.2, 0) is 13.2 Å². The Hall–Kier alpha value is -3.53. The van der Waals surface area contributed by atoms with E-state index in [1.165, 1.54) is 0 Å². The van der Waals surface area contributed by atoms with Crippen LogP contribution in [-0.4, -0.2) is 15.6 Å². The van der Waals surface area contributed by atoms with Gasteiger partial charge in [0.25, 0.3) is 0 Å². The van der Waals surface area contributed by atoms with Crippen LogP contribution >= 0.6 is 0 Å². The van der Waals surface area contributed by atoms with Crippen molar-refractivity contribution in [2.24, 2.45) is 0 Å². The van der Waals surface area contributed by atoms with Crippen LogP contribution in [0.1, 0.15) is 21.6 Å². The van der Waals surface area contributed by atoms with Gasteiger partial charge in [-0.05, 0) is 35.4 Å². The van der Waals surface area contributed by atoms with Gasteiger partial charge < -0.3 is 14.4 Å². The van der Waals surface area contributed by atoms with Crippen molar-refractivity contribution in [3.63, 3.8) is 0 Å². The van der Waals surface area contributed by atoms with Crippen LogP contribution in [0.3, 0.4) is 0 Å². The molecular weight excluding hydrogens is 338 g/mol. The molecule has 0 saturated carbocycles. The second kappa shape index (κ2) is 7.38. The van der Waals surface area contributed by atoms with E-state index in [2.05, 4.69) is 0 Å². The lowest BCUT2D eigenvalue weighted by molar-refractivity contribution is 0.0686. The van der Waals surface area contributed by atoms with Gasteiger partial charge in [-0.1, -0.05) is 60.7 Å². The zero-order valence-corrected chi connectivity index (χ0v) is 14.7. The second-order valence-electron chi connectivity index (χ2n) is 6.40. The summed E-state index contributed by atoms with van der Waals surface area (Å²) in [6, 6.07) is 27.2. The van der Waals surface area contributed by atoms with Gasteiger partial charge in [-0.25, -0.2) is 4.79 Å². The maximum absolute atomic E-state index is 11.7. The fraction of sp³-hybridized carbons (Fsp3) is 0.0870. The number of hydrogen-bond acceptors (Lipinski definition) is 2. The molecule has 0 radical (unpaired) electrons. The first kappa shape index (κ1) is 16.9. The molecule has 0 aliphatic rings. The number of carboxylic acid groups (broad SMARTS) is 1. The second-order valence-corrected chi connectivity index (χ2v) is 6.40. The van der Waals surface area contributed by atoms with E-state index < -0.39 is 5.97 Å². The highest BCUT2D eigenvalue weighted by molar-refractivity contribution is 5.95. The van der Waals surface area contributed by atoms with Crippen molar-refractivity contribution in [3.05, 3.63) is 102 Å². The summed E-state index contributed by atoms with van der Waals surface area (Å²) < 4.78 is 7.70. The van der Waals surface area contributed by atoms with Gasteiger partial charge >= 0.3 is 5.97 Å². The number of rotatable bonds is 6. The minimum atomic E-state index is -0.936. The molecule has 4 aromatic rings. The van der Waals surface area contributed by atoms with Crippen LogP contribution in [0, 0.1) is 0 Å². The van der Waals surface area contributed by atoms with Crippen molar-refractivity contribution in [2.75, 3.05) is 0 Å². The van der Waals surface area contributed by atoms with Gasteiger partial charge in [0.2, 0.25) is 0 Å². The summed E-state index contributed by atoms with van der Waals surface area (Å²) in [5, 5.41) is 10.5. The van der Waals surface area contributed by atoms with E-state index in [1.807, 2.05) is 83.4 Å². The number of carboxylic acids is 1. The van der Waals surface area contributed by atoms with Crippen molar-refractivity contribution in [1.29, 1.82) is 0 Å². The molecule has 1 heterocycles. The molecule has 0 unspecified atom stereocenters. The van der Waals surface area contributed by atoms with Gasteiger partial charge in [0.15, 0.2) is 0 Å². The number of ether oxygens (including phenoxy) is 1. The third kappa shape index (κ3) is 3.70. The Morgan fingerprint density at radius 1 is 0.852 bits per heavy atom. The summed E-state index contributed by atoms with van der Waals surface area (Å²) in [4.78, 5) is 11.7. The number of aromatic nitrogens is 1. The van der Waals surface area contributed by atoms with Gasteiger partial charge in [-0.15, -0.1) is 0 Å². The molecule has 0 aliphatic carbocycles. The Labute approximate surface area is 157 Å². The number of carbonyl (C=O) groups is 1. The molecule has 4 rings (SSSR count). The van der Waals surface area contributed by atoms with Gasteiger partial charge in [-0.2, -0.15) is 0 Å². The molecule has 0 bridgehead atoms. The fourth-order valence-corrected chi connectivity index (χ4v) is 3.19. The predicted octanol–water partition coefficient (Wildman–Crippen LogP) is 4.97. The minimum Gasteiger partial charge on any atom is -0.489 e. The monoisotopic (exact) mass is 357 g/mol. The van der Waals surface area contributed by atoms with Crippen LogP contribution in [0.5, 0.6) is 5.75 Å². The molecule has 0 amide bonds. The number of benzene rings is 3. The van der Waals surface area contributed by atoms with Gasteiger partial charge in [-0.3, -0.25) is 0 Å². The van der Waals surface area contributed by atoms with Crippen molar-refractivity contribution < 1.29 is 14.6 Å². The Morgan fingerprint density at radius 2 is 1.52 bits per heavy atom. The standard InChI is InChI=1S/C23H19NO3/c25-23(26)22-14-19-13-20(27-16-18-9-5-2-6-10-18)11-12-21(19)24(22)15-17-7-3-1-4-8-17/h1-14H,15-16H2,(H,25,26). The Balaban J connectivity index is 1.65. The maximum Gasteiger partial charge on any atom is 0.352 e. The van der Waals surface area contributed by atoms with Crippen LogP contribution in [0.25, 0.3) is 10.9 Å². The summed E-state index contributed by atoms with van der Waals surface area (Å²) in [6.45, 7) is 0.985. The van der Waals surface area contributed by atoms with Crippen LogP contribution < -0.4 is 4.74 Å².